The minimum Gasteiger partial charge on any atom is -0.456 e. The molecule has 0 saturated heterocycles. The highest BCUT2D eigenvalue weighted by atomic mass is 35.5. The number of fused-ring (bicyclic) bond motifs is 1. The van der Waals surface area contributed by atoms with Crippen LogP contribution in [0.15, 0.2) is 28.7 Å². The molecular formula is C15H17ClO3. The highest BCUT2D eigenvalue weighted by Gasteiger charge is 2.43. The maximum absolute atomic E-state index is 10.9. The van der Waals surface area contributed by atoms with Crippen molar-refractivity contribution in [3.8, 4) is 0 Å². The van der Waals surface area contributed by atoms with Crippen molar-refractivity contribution in [3.63, 3.8) is 0 Å². The molecule has 102 valence electrons. The number of benzene rings is 1. The smallest absolute Gasteiger partial charge is 0.153 e. The number of halogens is 1. The fraction of sp³-hybridized carbons (Fsp3) is 0.467. The summed E-state index contributed by atoms with van der Waals surface area (Å²) in [7, 11) is 1.64. The Hall–Kier alpha value is -1.03. The molecule has 0 amide bonds. The Morgan fingerprint density at radius 2 is 2.26 bits per heavy atom. The van der Waals surface area contributed by atoms with E-state index in [0.717, 1.165) is 24.6 Å². The van der Waals surface area contributed by atoms with Crippen LogP contribution in [0.25, 0.3) is 11.0 Å². The predicted molar refractivity (Wildman–Crippen MR) is 74.4 cm³/mol. The summed E-state index contributed by atoms with van der Waals surface area (Å²) < 4.78 is 11.3. The van der Waals surface area contributed by atoms with Crippen molar-refractivity contribution in [2.75, 3.05) is 7.11 Å². The molecule has 1 aliphatic rings. The predicted octanol–water partition coefficient (Wildman–Crippen LogP) is 3.86. The van der Waals surface area contributed by atoms with E-state index in [4.69, 9.17) is 20.8 Å². The van der Waals surface area contributed by atoms with Gasteiger partial charge in [-0.05, 0) is 31.4 Å². The Labute approximate surface area is 117 Å². The van der Waals surface area contributed by atoms with E-state index in [-0.39, 0.29) is 6.10 Å². The van der Waals surface area contributed by atoms with Crippen molar-refractivity contribution >= 4 is 22.6 Å². The van der Waals surface area contributed by atoms with E-state index in [1.807, 2.05) is 18.2 Å². The zero-order chi connectivity index (χ0) is 13.5. The third kappa shape index (κ3) is 2.06. The molecular weight excluding hydrogens is 264 g/mol. The molecule has 1 saturated carbocycles. The average Bonchev–Trinajstić information content (AvgIpc) is 2.85. The van der Waals surface area contributed by atoms with Gasteiger partial charge in [0.1, 0.15) is 11.4 Å². The molecule has 1 aromatic carbocycles. The number of hydrogen-bond acceptors (Lipinski definition) is 3. The first kappa shape index (κ1) is 13.0. The fourth-order valence-corrected chi connectivity index (χ4v) is 3.18. The summed E-state index contributed by atoms with van der Waals surface area (Å²) in [4.78, 5) is 0. The second kappa shape index (κ2) is 4.82. The molecule has 1 N–H and O–H groups in total. The second-order valence-corrected chi connectivity index (χ2v) is 5.57. The zero-order valence-electron chi connectivity index (χ0n) is 10.9. The molecule has 0 bridgehead atoms. The Morgan fingerprint density at radius 1 is 1.42 bits per heavy atom. The topological polar surface area (TPSA) is 42.6 Å². The minimum absolute atomic E-state index is 0.222. The van der Waals surface area contributed by atoms with Crippen molar-refractivity contribution in [1.29, 1.82) is 0 Å². The molecule has 2 aromatic rings. The van der Waals surface area contributed by atoms with Crippen LogP contribution in [0.4, 0.5) is 0 Å². The fourth-order valence-electron chi connectivity index (χ4n) is 2.96. The summed E-state index contributed by atoms with van der Waals surface area (Å²) in [6.45, 7) is 0. The summed E-state index contributed by atoms with van der Waals surface area (Å²) in [5.74, 6) is 0.558. The van der Waals surface area contributed by atoms with Gasteiger partial charge < -0.3 is 14.3 Å². The van der Waals surface area contributed by atoms with Crippen molar-refractivity contribution in [2.24, 2.45) is 0 Å². The maximum atomic E-state index is 10.9. The second-order valence-electron chi connectivity index (χ2n) is 5.16. The molecule has 1 heterocycles. The van der Waals surface area contributed by atoms with E-state index in [9.17, 15) is 5.11 Å². The first-order valence-corrected chi connectivity index (χ1v) is 6.96. The molecule has 2 unspecified atom stereocenters. The summed E-state index contributed by atoms with van der Waals surface area (Å²) in [6.07, 6.45) is 3.32. The first-order valence-electron chi connectivity index (χ1n) is 6.59. The molecule has 3 rings (SSSR count). The monoisotopic (exact) mass is 280 g/mol. The van der Waals surface area contributed by atoms with Gasteiger partial charge in [-0.15, -0.1) is 0 Å². The van der Waals surface area contributed by atoms with Crippen LogP contribution < -0.4 is 0 Å². The van der Waals surface area contributed by atoms with Crippen molar-refractivity contribution in [1.82, 2.24) is 0 Å². The number of ether oxygens (including phenoxy) is 1. The van der Waals surface area contributed by atoms with Gasteiger partial charge in [0.25, 0.3) is 0 Å². The maximum Gasteiger partial charge on any atom is 0.153 e. The summed E-state index contributed by atoms with van der Waals surface area (Å²) in [5, 5.41) is 12.4. The van der Waals surface area contributed by atoms with Crippen LogP contribution in [0.5, 0.6) is 0 Å². The van der Waals surface area contributed by atoms with Gasteiger partial charge in [-0.1, -0.05) is 30.2 Å². The van der Waals surface area contributed by atoms with E-state index < -0.39 is 5.60 Å². The van der Waals surface area contributed by atoms with Gasteiger partial charge in [-0.25, -0.2) is 0 Å². The number of methoxy groups -OCH3 is 1. The van der Waals surface area contributed by atoms with Gasteiger partial charge in [0.05, 0.1) is 11.1 Å². The van der Waals surface area contributed by atoms with Crippen LogP contribution in [0, 0.1) is 0 Å². The molecule has 0 aliphatic heterocycles. The number of hydrogen-bond donors (Lipinski definition) is 1. The largest absolute Gasteiger partial charge is 0.456 e. The van der Waals surface area contributed by atoms with E-state index in [1.165, 1.54) is 0 Å². The molecule has 0 spiro atoms. The van der Waals surface area contributed by atoms with Crippen LogP contribution >= 0.6 is 11.6 Å². The lowest BCUT2D eigenvalue weighted by molar-refractivity contribution is -0.132. The lowest BCUT2D eigenvalue weighted by atomic mass is 9.80. The van der Waals surface area contributed by atoms with Gasteiger partial charge in [-0.3, -0.25) is 0 Å². The number of rotatable bonds is 2. The van der Waals surface area contributed by atoms with Crippen LogP contribution in [0.1, 0.15) is 31.4 Å². The van der Waals surface area contributed by atoms with Crippen LogP contribution in [0.2, 0.25) is 5.02 Å². The van der Waals surface area contributed by atoms with Crippen LogP contribution in [0.3, 0.4) is 0 Å². The van der Waals surface area contributed by atoms with Crippen LogP contribution in [-0.2, 0) is 10.3 Å². The van der Waals surface area contributed by atoms with Gasteiger partial charge in [0.2, 0.25) is 0 Å². The molecule has 2 atom stereocenters. The van der Waals surface area contributed by atoms with Gasteiger partial charge in [0.15, 0.2) is 5.58 Å². The first-order chi connectivity index (χ1) is 9.15. The Kier molecular flexibility index (Phi) is 3.29. The van der Waals surface area contributed by atoms with E-state index in [0.29, 0.717) is 22.8 Å². The van der Waals surface area contributed by atoms with E-state index in [2.05, 4.69) is 0 Å². The SMILES string of the molecule is COC1CCCCC1(O)c1cc2cccc(Cl)c2o1. The van der Waals surface area contributed by atoms with Gasteiger partial charge in [-0.2, -0.15) is 0 Å². The van der Waals surface area contributed by atoms with Crippen molar-refractivity contribution < 1.29 is 14.3 Å². The standard InChI is InChI=1S/C15H17ClO3/c1-18-12-7-2-3-8-15(12,17)13-9-10-5-4-6-11(16)14(10)19-13/h4-6,9,12,17H,2-3,7-8H2,1H3. The van der Waals surface area contributed by atoms with Gasteiger partial charge >= 0.3 is 0 Å². The lowest BCUT2D eigenvalue weighted by Gasteiger charge is -2.37. The molecule has 1 aromatic heterocycles. The summed E-state index contributed by atoms with van der Waals surface area (Å²) in [5.41, 5.74) is -0.414. The molecule has 0 radical (unpaired) electrons. The highest BCUT2D eigenvalue weighted by molar-refractivity contribution is 6.34. The molecule has 1 fully saturated rings. The number of furan rings is 1. The number of para-hydroxylation sites is 1. The Bertz CT molecular complexity index is 592. The quantitative estimate of drug-likeness (QED) is 0.908. The Morgan fingerprint density at radius 3 is 3.00 bits per heavy atom. The highest BCUT2D eigenvalue weighted by Crippen LogP contribution is 2.41. The molecule has 1 aliphatic carbocycles. The molecule has 19 heavy (non-hydrogen) atoms. The third-order valence-corrected chi connectivity index (χ3v) is 4.31. The normalized spacial score (nSPS) is 27.8. The van der Waals surface area contributed by atoms with Gasteiger partial charge in [0, 0.05) is 12.5 Å². The third-order valence-electron chi connectivity index (χ3n) is 4.01. The Balaban J connectivity index is 2.09. The summed E-state index contributed by atoms with van der Waals surface area (Å²) >= 11 is 6.12. The minimum atomic E-state index is -1.05. The summed E-state index contributed by atoms with van der Waals surface area (Å²) in [6, 6.07) is 7.47. The number of aliphatic hydroxyl groups is 1. The van der Waals surface area contributed by atoms with Crippen LogP contribution in [-0.4, -0.2) is 18.3 Å². The van der Waals surface area contributed by atoms with Crippen molar-refractivity contribution in [2.45, 2.75) is 37.4 Å². The van der Waals surface area contributed by atoms with E-state index in [1.54, 1.807) is 13.2 Å². The lowest BCUT2D eigenvalue weighted by Crippen LogP contribution is -2.43. The van der Waals surface area contributed by atoms with E-state index >= 15 is 0 Å². The zero-order valence-corrected chi connectivity index (χ0v) is 11.6. The molecule has 3 nitrogen and oxygen atoms in total. The van der Waals surface area contributed by atoms with Crippen molar-refractivity contribution in [3.05, 3.63) is 35.0 Å². The molecule has 4 heteroatoms. The average molecular weight is 281 g/mol.